The maximum Gasteiger partial charge on any atom is 0.308 e. The number of unbranched alkanes of at least 4 members (excludes halogenated alkanes) is 1. The van der Waals surface area contributed by atoms with Crippen LogP contribution in [0.1, 0.15) is 25.7 Å². The lowest BCUT2D eigenvalue weighted by Crippen LogP contribution is -2.12. The van der Waals surface area contributed by atoms with Gasteiger partial charge < -0.3 is 18.9 Å². The molecule has 0 spiro atoms. The van der Waals surface area contributed by atoms with Crippen molar-refractivity contribution >= 4 is 45.1 Å². The van der Waals surface area contributed by atoms with Crippen LogP contribution in [0.15, 0.2) is 60.9 Å². The Balaban J connectivity index is 1.15. The highest BCUT2D eigenvalue weighted by molar-refractivity contribution is 5.93. The van der Waals surface area contributed by atoms with E-state index in [4.69, 9.17) is 18.9 Å². The molecule has 0 aliphatic carbocycles. The zero-order chi connectivity index (χ0) is 28.5. The van der Waals surface area contributed by atoms with Crippen LogP contribution in [-0.4, -0.2) is 45.3 Å². The molecule has 0 atom stereocenters. The van der Waals surface area contributed by atoms with E-state index in [1.165, 1.54) is 36.7 Å². The monoisotopic (exact) mass is 550 g/mol. The van der Waals surface area contributed by atoms with E-state index in [0.29, 0.717) is 23.6 Å². The van der Waals surface area contributed by atoms with Gasteiger partial charge in [0.1, 0.15) is 22.5 Å². The van der Waals surface area contributed by atoms with Gasteiger partial charge in [0.15, 0.2) is 0 Å². The SMILES string of the molecule is O=C(CCCCC(=O)OCOc1ccc([N+](=O)[O-])c2cccnc12)OCOc1ccc([N+](=O)[O-])c2cccnc12. The molecule has 0 N–H and O–H groups in total. The number of esters is 2. The predicted molar refractivity (Wildman–Crippen MR) is 138 cm³/mol. The molecule has 2 heterocycles. The zero-order valence-corrected chi connectivity index (χ0v) is 20.9. The van der Waals surface area contributed by atoms with Crippen molar-refractivity contribution in [3.63, 3.8) is 0 Å². The van der Waals surface area contributed by atoms with Crippen LogP contribution in [-0.2, 0) is 19.1 Å². The Bertz CT molecular complexity index is 1460. The number of nitro benzene ring substituents is 2. The fourth-order valence-corrected chi connectivity index (χ4v) is 3.82. The van der Waals surface area contributed by atoms with Crippen molar-refractivity contribution in [2.24, 2.45) is 0 Å². The molecule has 40 heavy (non-hydrogen) atoms. The van der Waals surface area contributed by atoms with Crippen molar-refractivity contribution in [1.82, 2.24) is 9.97 Å². The van der Waals surface area contributed by atoms with Crippen molar-refractivity contribution in [3.8, 4) is 11.5 Å². The van der Waals surface area contributed by atoms with E-state index in [1.807, 2.05) is 0 Å². The Kier molecular flexibility index (Phi) is 8.92. The number of fused-ring (bicyclic) bond motifs is 2. The second-order valence-corrected chi connectivity index (χ2v) is 8.24. The molecule has 2 aromatic heterocycles. The highest BCUT2D eigenvalue weighted by Gasteiger charge is 2.17. The molecule has 0 unspecified atom stereocenters. The van der Waals surface area contributed by atoms with E-state index in [1.54, 1.807) is 24.3 Å². The molecule has 0 aliphatic rings. The molecule has 14 nitrogen and oxygen atoms in total. The lowest BCUT2D eigenvalue weighted by molar-refractivity contribution is -0.383. The number of aromatic nitrogens is 2. The largest absolute Gasteiger partial charge is 0.455 e. The Hall–Kier alpha value is -5.40. The summed E-state index contributed by atoms with van der Waals surface area (Å²) in [6, 6.07) is 11.6. The van der Waals surface area contributed by atoms with Crippen LogP contribution in [0, 0.1) is 20.2 Å². The zero-order valence-electron chi connectivity index (χ0n) is 20.9. The van der Waals surface area contributed by atoms with Crippen LogP contribution in [0.5, 0.6) is 11.5 Å². The Morgan fingerprint density at radius 1 is 0.675 bits per heavy atom. The van der Waals surface area contributed by atoms with Crippen molar-refractivity contribution in [3.05, 3.63) is 81.2 Å². The summed E-state index contributed by atoms with van der Waals surface area (Å²) < 4.78 is 21.0. The number of benzene rings is 2. The summed E-state index contributed by atoms with van der Waals surface area (Å²) in [7, 11) is 0. The van der Waals surface area contributed by atoms with Crippen LogP contribution in [0.4, 0.5) is 11.4 Å². The van der Waals surface area contributed by atoms with E-state index < -0.39 is 35.4 Å². The first-order chi connectivity index (χ1) is 19.3. The van der Waals surface area contributed by atoms with Gasteiger partial charge in [-0.1, -0.05) is 0 Å². The number of hydrogen-bond acceptors (Lipinski definition) is 12. The second kappa shape index (κ2) is 12.9. The number of non-ortho nitro benzene ring substituents is 2. The standard InChI is InChI=1S/C26H22N4O10/c31-23(39-15-37-21-11-9-19(29(33)34)17-5-3-13-27-25(17)21)7-1-2-8-24(32)40-16-38-22-12-10-20(30(35)36)18-6-4-14-28-26(18)22/h3-6,9-14H,1-2,7-8,15-16H2. The molecule has 206 valence electrons. The molecule has 14 heteroatoms. The van der Waals surface area contributed by atoms with Gasteiger partial charge in [0.25, 0.3) is 11.4 Å². The average molecular weight is 550 g/mol. The van der Waals surface area contributed by atoms with Crippen molar-refractivity contribution in [1.29, 1.82) is 0 Å². The first-order valence-electron chi connectivity index (χ1n) is 12.0. The molecule has 0 fully saturated rings. The third kappa shape index (κ3) is 6.72. The number of ether oxygens (including phenoxy) is 4. The molecule has 0 saturated heterocycles. The van der Waals surface area contributed by atoms with Gasteiger partial charge in [-0.3, -0.25) is 39.8 Å². The quantitative estimate of drug-likeness (QED) is 0.0741. The molecule has 0 saturated carbocycles. The van der Waals surface area contributed by atoms with Gasteiger partial charge in [0, 0.05) is 37.4 Å². The lowest BCUT2D eigenvalue weighted by Gasteiger charge is -2.10. The number of nitrogens with zero attached hydrogens (tertiary/aromatic N) is 4. The van der Waals surface area contributed by atoms with Crippen molar-refractivity contribution in [2.75, 3.05) is 13.6 Å². The number of hydrogen-bond donors (Lipinski definition) is 0. The van der Waals surface area contributed by atoms with E-state index in [9.17, 15) is 29.8 Å². The van der Waals surface area contributed by atoms with Crippen molar-refractivity contribution in [2.45, 2.75) is 25.7 Å². The summed E-state index contributed by atoms with van der Waals surface area (Å²) in [5.74, 6) is -0.630. The first kappa shape index (κ1) is 27.6. The first-order valence-corrected chi connectivity index (χ1v) is 12.0. The highest BCUT2D eigenvalue weighted by Crippen LogP contribution is 2.32. The van der Waals surface area contributed by atoms with Gasteiger partial charge in [-0.15, -0.1) is 0 Å². The molecule has 4 aromatic rings. The Labute approximate surface area is 225 Å². The average Bonchev–Trinajstić information content (AvgIpc) is 2.95. The van der Waals surface area contributed by atoms with Gasteiger partial charge in [-0.05, 0) is 49.2 Å². The van der Waals surface area contributed by atoms with Crippen molar-refractivity contribution < 1.29 is 38.4 Å². The molecular weight excluding hydrogens is 528 g/mol. The number of nitro groups is 2. The Morgan fingerprint density at radius 3 is 1.50 bits per heavy atom. The maximum absolute atomic E-state index is 12.0. The van der Waals surface area contributed by atoms with Crippen LogP contribution >= 0.6 is 0 Å². The van der Waals surface area contributed by atoms with E-state index in [-0.39, 0.29) is 46.7 Å². The predicted octanol–water partition coefficient (Wildman–Crippen LogP) is 4.62. The highest BCUT2D eigenvalue weighted by atomic mass is 16.7. The third-order valence-corrected chi connectivity index (χ3v) is 5.69. The number of carbonyl (C=O) groups is 2. The molecule has 0 aliphatic heterocycles. The van der Waals surface area contributed by atoms with E-state index in [0.717, 1.165) is 0 Å². The number of rotatable bonds is 13. The topological polar surface area (TPSA) is 183 Å². The molecule has 4 rings (SSSR count). The Morgan fingerprint density at radius 2 is 1.10 bits per heavy atom. The smallest absolute Gasteiger partial charge is 0.308 e. The summed E-state index contributed by atoms with van der Waals surface area (Å²) in [4.78, 5) is 53.6. The van der Waals surface area contributed by atoms with Crippen LogP contribution < -0.4 is 9.47 Å². The molecular formula is C26H22N4O10. The minimum Gasteiger partial charge on any atom is -0.455 e. The molecule has 0 radical (unpaired) electrons. The number of pyridine rings is 2. The summed E-state index contributed by atoms with van der Waals surface area (Å²) in [6.07, 6.45) is 3.72. The summed E-state index contributed by atoms with van der Waals surface area (Å²) in [5.41, 5.74) is 0.310. The van der Waals surface area contributed by atoms with Crippen LogP contribution in [0.25, 0.3) is 21.8 Å². The normalized spacial score (nSPS) is 10.7. The maximum atomic E-state index is 12.0. The molecule has 0 bridgehead atoms. The van der Waals surface area contributed by atoms with Gasteiger partial charge >= 0.3 is 11.9 Å². The van der Waals surface area contributed by atoms with E-state index in [2.05, 4.69) is 9.97 Å². The second-order valence-electron chi connectivity index (χ2n) is 8.24. The van der Waals surface area contributed by atoms with Gasteiger partial charge in [-0.2, -0.15) is 0 Å². The minimum atomic E-state index is -0.548. The fourth-order valence-electron chi connectivity index (χ4n) is 3.82. The lowest BCUT2D eigenvalue weighted by atomic mass is 10.1. The molecule has 2 aromatic carbocycles. The summed E-state index contributed by atoms with van der Waals surface area (Å²) in [5, 5.41) is 23.0. The fraction of sp³-hybridized carbons (Fsp3) is 0.231. The summed E-state index contributed by atoms with van der Waals surface area (Å²) in [6.45, 7) is -0.818. The van der Waals surface area contributed by atoms with Crippen LogP contribution in [0.2, 0.25) is 0 Å². The van der Waals surface area contributed by atoms with Gasteiger partial charge in [-0.25, -0.2) is 0 Å². The number of carbonyl (C=O) groups excluding carboxylic acids is 2. The minimum absolute atomic E-state index is 0.0346. The third-order valence-electron chi connectivity index (χ3n) is 5.69. The van der Waals surface area contributed by atoms with Crippen LogP contribution in [0.3, 0.4) is 0 Å². The van der Waals surface area contributed by atoms with Gasteiger partial charge in [0.2, 0.25) is 13.6 Å². The van der Waals surface area contributed by atoms with Gasteiger partial charge in [0.05, 0.1) is 20.6 Å². The molecule has 0 amide bonds. The van der Waals surface area contributed by atoms with E-state index >= 15 is 0 Å². The summed E-state index contributed by atoms with van der Waals surface area (Å²) >= 11 is 0.